The standard InChI is InChI=1S/C24H22F2N2O4/c1-27(2)24(30)16-5-3-15(4-6-16)13-32-23-14-31-19(9-22(23)29)12-28-10-17-7-20(25)21(26)8-18(17)11-28/h3-9,14H,10-13H2,1-2H3. The van der Waals surface area contributed by atoms with E-state index in [1.807, 2.05) is 4.90 Å². The maximum absolute atomic E-state index is 13.4. The van der Waals surface area contributed by atoms with Gasteiger partial charge in [0.05, 0.1) is 6.54 Å². The molecule has 0 aliphatic carbocycles. The van der Waals surface area contributed by atoms with Crippen LogP contribution in [0.1, 0.15) is 32.8 Å². The summed E-state index contributed by atoms with van der Waals surface area (Å²) in [4.78, 5) is 27.8. The Balaban J connectivity index is 1.36. The summed E-state index contributed by atoms with van der Waals surface area (Å²) in [5, 5.41) is 0. The summed E-state index contributed by atoms with van der Waals surface area (Å²) < 4.78 is 38.0. The number of hydrogen-bond donors (Lipinski definition) is 0. The first-order valence-corrected chi connectivity index (χ1v) is 10.0. The SMILES string of the molecule is CN(C)C(=O)c1ccc(COc2coc(CN3Cc4cc(F)c(F)cc4C3)cc2=O)cc1. The largest absolute Gasteiger partial charge is 0.482 e. The van der Waals surface area contributed by atoms with Gasteiger partial charge in [-0.3, -0.25) is 14.5 Å². The molecule has 0 unspecified atom stereocenters. The topological polar surface area (TPSA) is 63.0 Å². The normalized spacial score (nSPS) is 13.1. The summed E-state index contributed by atoms with van der Waals surface area (Å²) in [6.07, 6.45) is 1.27. The summed E-state index contributed by atoms with van der Waals surface area (Å²) in [5.74, 6) is -1.31. The molecule has 0 fully saturated rings. The third kappa shape index (κ3) is 4.70. The van der Waals surface area contributed by atoms with Gasteiger partial charge in [-0.25, -0.2) is 8.78 Å². The first-order valence-electron chi connectivity index (χ1n) is 10.0. The lowest BCUT2D eigenvalue weighted by Crippen LogP contribution is -2.21. The zero-order valence-electron chi connectivity index (χ0n) is 17.7. The minimum atomic E-state index is -0.863. The van der Waals surface area contributed by atoms with Crippen LogP contribution < -0.4 is 10.2 Å². The monoisotopic (exact) mass is 440 g/mol. The van der Waals surface area contributed by atoms with Gasteiger partial charge < -0.3 is 14.1 Å². The number of rotatable bonds is 6. The van der Waals surface area contributed by atoms with E-state index in [0.717, 1.165) is 16.7 Å². The Labute approximate surface area is 183 Å². The highest BCUT2D eigenvalue weighted by Gasteiger charge is 2.22. The van der Waals surface area contributed by atoms with Crippen LogP contribution in [0.3, 0.4) is 0 Å². The van der Waals surface area contributed by atoms with Crippen LogP contribution in [-0.2, 0) is 26.2 Å². The van der Waals surface area contributed by atoms with Crippen molar-refractivity contribution in [3.05, 3.63) is 98.6 Å². The van der Waals surface area contributed by atoms with Crippen molar-refractivity contribution >= 4 is 5.91 Å². The zero-order chi connectivity index (χ0) is 22.8. The highest BCUT2D eigenvalue weighted by Crippen LogP contribution is 2.26. The van der Waals surface area contributed by atoms with Gasteiger partial charge in [-0.05, 0) is 41.0 Å². The molecule has 0 atom stereocenters. The van der Waals surface area contributed by atoms with Gasteiger partial charge in [0.2, 0.25) is 11.2 Å². The Morgan fingerprint density at radius 1 is 1.06 bits per heavy atom. The summed E-state index contributed by atoms with van der Waals surface area (Å²) in [5.41, 5.74) is 2.50. The van der Waals surface area contributed by atoms with Crippen molar-refractivity contribution in [2.45, 2.75) is 26.2 Å². The van der Waals surface area contributed by atoms with Crippen LogP contribution in [0.15, 0.2) is 57.9 Å². The van der Waals surface area contributed by atoms with Crippen LogP contribution in [0.5, 0.6) is 5.75 Å². The van der Waals surface area contributed by atoms with Gasteiger partial charge in [0.25, 0.3) is 5.91 Å². The van der Waals surface area contributed by atoms with Crippen molar-refractivity contribution in [1.82, 2.24) is 9.80 Å². The zero-order valence-corrected chi connectivity index (χ0v) is 17.7. The van der Waals surface area contributed by atoms with Gasteiger partial charge in [0.15, 0.2) is 11.6 Å². The number of carbonyl (C=O) groups excluding carboxylic acids is 1. The Kier molecular flexibility index (Phi) is 6.05. The van der Waals surface area contributed by atoms with Crippen LogP contribution in [-0.4, -0.2) is 29.8 Å². The molecule has 2 heterocycles. The molecule has 1 aromatic heterocycles. The first-order chi connectivity index (χ1) is 15.3. The fraction of sp³-hybridized carbons (Fsp3) is 0.250. The predicted molar refractivity (Wildman–Crippen MR) is 113 cm³/mol. The number of benzene rings is 2. The molecule has 166 valence electrons. The lowest BCUT2D eigenvalue weighted by molar-refractivity contribution is 0.0827. The molecular weight excluding hydrogens is 418 g/mol. The highest BCUT2D eigenvalue weighted by molar-refractivity contribution is 5.93. The third-order valence-electron chi connectivity index (χ3n) is 5.26. The van der Waals surface area contributed by atoms with E-state index in [4.69, 9.17) is 9.15 Å². The molecule has 1 aliphatic heterocycles. The number of nitrogens with zero attached hydrogens (tertiary/aromatic N) is 2. The molecule has 4 rings (SSSR count). The Morgan fingerprint density at radius 3 is 2.25 bits per heavy atom. The van der Waals surface area contributed by atoms with E-state index >= 15 is 0 Å². The van der Waals surface area contributed by atoms with Gasteiger partial charge >= 0.3 is 0 Å². The van der Waals surface area contributed by atoms with Gasteiger partial charge in [0, 0.05) is 38.8 Å². The molecule has 0 bridgehead atoms. The Hall–Kier alpha value is -3.52. The van der Waals surface area contributed by atoms with Gasteiger partial charge in [-0.1, -0.05) is 12.1 Å². The molecule has 1 aliphatic rings. The van der Waals surface area contributed by atoms with Crippen molar-refractivity contribution in [3.63, 3.8) is 0 Å². The molecule has 0 radical (unpaired) electrons. The molecule has 0 saturated heterocycles. The van der Waals surface area contributed by atoms with E-state index in [0.29, 0.717) is 31.0 Å². The molecule has 6 nitrogen and oxygen atoms in total. The van der Waals surface area contributed by atoms with Gasteiger partial charge in [0.1, 0.15) is 18.6 Å². The molecule has 2 aromatic carbocycles. The second-order valence-corrected chi connectivity index (χ2v) is 7.94. The summed E-state index contributed by atoms with van der Waals surface area (Å²) in [6, 6.07) is 10.7. The predicted octanol–water partition coefficient (Wildman–Crippen LogP) is 3.71. The molecule has 3 aromatic rings. The van der Waals surface area contributed by atoms with Crippen molar-refractivity contribution in [2.75, 3.05) is 14.1 Å². The summed E-state index contributed by atoms with van der Waals surface area (Å²) in [6.45, 7) is 1.37. The van der Waals surface area contributed by atoms with Crippen molar-refractivity contribution in [1.29, 1.82) is 0 Å². The Bertz CT molecular complexity index is 1170. The molecule has 1 amide bonds. The van der Waals surface area contributed by atoms with E-state index in [-0.39, 0.29) is 23.7 Å². The molecule has 32 heavy (non-hydrogen) atoms. The maximum atomic E-state index is 13.4. The van der Waals surface area contributed by atoms with Crippen LogP contribution >= 0.6 is 0 Å². The van der Waals surface area contributed by atoms with Crippen molar-refractivity contribution in [3.8, 4) is 5.75 Å². The number of amides is 1. The summed E-state index contributed by atoms with van der Waals surface area (Å²) >= 11 is 0. The fourth-order valence-corrected chi connectivity index (χ4v) is 3.58. The van der Waals surface area contributed by atoms with E-state index in [9.17, 15) is 18.4 Å². The number of carbonyl (C=O) groups is 1. The van der Waals surface area contributed by atoms with Crippen molar-refractivity contribution < 1.29 is 22.7 Å². The molecule has 0 N–H and O–H groups in total. The maximum Gasteiger partial charge on any atom is 0.253 e. The fourth-order valence-electron chi connectivity index (χ4n) is 3.58. The van der Waals surface area contributed by atoms with E-state index in [2.05, 4.69) is 0 Å². The first kappa shape index (κ1) is 21.7. The smallest absolute Gasteiger partial charge is 0.253 e. The minimum Gasteiger partial charge on any atom is -0.482 e. The highest BCUT2D eigenvalue weighted by atomic mass is 19.2. The second-order valence-electron chi connectivity index (χ2n) is 7.94. The molecule has 0 spiro atoms. The van der Waals surface area contributed by atoms with Crippen LogP contribution in [0.4, 0.5) is 8.78 Å². The van der Waals surface area contributed by atoms with Gasteiger partial charge in [-0.2, -0.15) is 0 Å². The average molecular weight is 440 g/mol. The molecular formula is C24H22F2N2O4. The van der Waals surface area contributed by atoms with Crippen molar-refractivity contribution in [2.24, 2.45) is 0 Å². The molecule has 0 saturated carbocycles. The minimum absolute atomic E-state index is 0.0797. The number of hydrogen-bond acceptors (Lipinski definition) is 5. The number of halogens is 2. The number of ether oxygens (including phenoxy) is 1. The number of fused-ring (bicyclic) bond motifs is 1. The molecule has 8 heteroatoms. The third-order valence-corrected chi connectivity index (χ3v) is 5.26. The van der Waals surface area contributed by atoms with E-state index < -0.39 is 11.6 Å². The lowest BCUT2D eigenvalue weighted by Gasteiger charge is -2.14. The average Bonchev–Trinajstić information content (AvgIpc) is 3.14. The van der Waals surface area contributed by atoms with Crippen LogP contribution in [0, 0.1) is 11.6 Å². The Morgan fingerprint density at radius 2 is 1.69 bits per heavy atom. The second kappa shape index (κ2) is 8.92. The van der Waals surface area contributed by atoms with Crippen LogP contribution in [0.25, 0.3) is 0 Å². The van der Waals surface area contributed by atoms with Gasteiger partial charge in [-0.15, -0.1) is 0 Å². The summed E-state index contributed by atoms with van der Waals surface area (Å²) in [7, 11) is 3.37. The lowest BCUT2D eigenvalue weighted by atomic mass is 10.1. The van der Waals surface area contributed by atoms with E-state index in [1.54, 1.807) is 38.4 Å². The van der Waals surface area contributed by atoms with E-state index in [1.165, 1.54) is 29.4 Å². The van der Waals surface area contributed by atoms with Crippen LogP contribution in [0.2, 0.25) is 0 Å². The quantitative estimate of drug-likeness (QED) is 0.585.